The van der Waals surface area contributed by atoms with E-state index < -0.39 is 12.1 Å². The molecular weight excluding hydrogens is 94.0 g/mol. The highest BCUT2D eigenvalue weighted by Gasteiger charge is 2.06. The SMILES string of the molecule is C[C@@H](O)[C@H](N)[C]=O. The largest absolute Gasteiger partial charge is 0.391 e. The van der Waals surface area contributed by atoms with Crippen LogP contribution in [-0.2, 0) is 4.79 Å². The molecule has 2 atom stereocenters. The highest BCUT2D eigenvalue weighted by Crippen LogP contribution is 1.80. The van der Waals surface area contributed by atoms with E-state index in [1.165, 1.54) is 13.2 Å². The minimum absolute atomic E-state index is 0.780. The molecule has 0 aliphatic carbocycles. The van der Waals surface area contributed by atoms with Crippen LogP contribution in [0.4, 0.5) is 0 Å². The predicted octanol–water partition coefficient (Wildman–Crippen LogP) is -1.20. The summed E-state index contributed by atoms with van der Waals surface area (Å²) >= 11 is 0. The van der Waals surface area contributed by atoms with E-state index in [-0.39, 0.29) is 0 Å². The Morgan fingerprint density at radius 1 is 1.86 bits per heavy atom. The summed E-state index contributed by atoms with van der Waals surface area (Å²) in [7, 11) is 0. The molecule has 0 rings (SSSR count). The van der Waals surface area contributed by atoms with Gasteiger partial charge in [-0.2, -0.15) is 0 Å². The van der Waals surface area contributed by atoms with Crippen LogP contribution >= 0.6 is 0 Å². The van der Waals surface area contributed by atoms with E-state index >= 15 is 0 Å². The van der Waals surface area contributed by atoms with Gasteiger partial charge in [0.05, 0.1) is 12.1 Å². The van der Waals surface area contributed by atoms with Crippen molar-refractivity contribution in [2.24, 2.45) is 5.73 Å². The van der Waals surface area contributed by atoms with Crippen LogP contribution in [0, 0.1) is 0 Å². The van der Waals surface area contributed by atoms with E-state index in [1.54, 1.807) is 0 Å². The van der Waals surface area contributed by atoms with E-state index in [0.717, 1.165) is 0 Å². The zero-order valence-electron chi connectivity index (χ0n) is 4.09. The molecule has 0 amide bonds. The summed E-state index contributed by atoms with van der Waals surface area (Å²) in [5.74, 6) is 0. The lowest BCUT2D eigenvalue weighted by molar-refractivity contribution is 0.184. The second-order valence-corrected chi connectivity index (χ2v) is 1.38. The van der Waals surface area contributed by atoms with Gasteiger partial charge in [-0.05, 0) is 6.92 Å². The van der Waals surface area contributed by atoms with Crippen LogP contribution in [0.25, 0.3) is 0 Å². The van der Waals surface area contributed by atoms with Crippen molar-refractivity contribution < 1.29 is 9.90 Å². The van der Waals surface area contributed by atoms with Crippen molar-refractivity contribution in [1.82, 2.24) is 0 Å². The normalized spacial score (nSPS) is 18.1. The molecule has 0 aromatic heterocycles. The monoisotopic (exact) mass is 102 g/mol. The molecule has 3 heteroatoms. The number of carbonyl (C=O) groups excluding carboxylic acids is 1. The molecule has 0 aliphatic heterocycles. The number of nitrogens with two attached hydrogens (primary N) is 1. The highest BCUT2D eigenvalue weighted by molar-refractivity contribution is 5.58. The van der Waals surface area contributed by atoms with Crippen molar-refractivity contribution in [3.05, 3.63) is 0 Å². The van der Waals surface area contributed by atoms with E-state index in [1.807, 2.05) is 0 Å². The van der Waals surface area contributed by atoms with Gasteiger partial charge in [-0.3, -0.25) is 4.79 Å². The van der Waals surface area contributed by atoms with Gasteiger partial charge < -0.3 is 10.8 Å². The second kappa shape index (κ2) is 2.71. The fourth-order valence-corrected chi connectivity index (χ4v) is 0.0985. The summed E-state index contributed by atoms with van der Waals surface area (Å²) in [5.41, 5.74) is 4.94. The van der Waals surface area contributed by atoms with Gasteiger partial charge in [-0.25, -0.2) is 0 Å². The zero-order chi connectivity index (χ0) is 5.86. The van der Waals surface area contributed by atoms with Gasteiger partial charge in [0.2, 0.25) is 6.29 Å². The topological polar surface area (TPSA) is 63.3 Å². The molecule has 0 fully saturated rings. The second-order valence-electron chi connectivity index (χ2n) is 1.38. The Morgan fingerprint density at radius 2 is 2.29 bits per heavy atom. The van der Waals surface area contributed by atoms with E-state index in [4.69, 9.17) is 10.8 Å². The summed E-state index contributed by atoms with van der Waals surface area (Å²) in [6.45, 7) is 1.44. The summed E-state index contributed by atoms with van der Waals surface area (Å²) in [6, 6.07) is -0.847. The molecule has 1 radical (unpaired) electrons. The molecule has 3 nitrogen and oxygen atoms in total. The molecule has 0 unspecified atom stereocenters. The maximum absolute atomic E-state index is 9.54. The van der Waals surface area contributed by atoms with Gasteiger partial charge in [0, 0.05) is 0 Å². The minimum atomic E-state index is -0.847. The third kappa shape index (κ3) is 2.31. The van der Waals surface area contributed by atoms with Crippen LogP contribution in [0.2, 0.25) is 0 Å². The molecule has 0 aliphatic rings. The van der Waals surface area contributed by atoms with Crippen LogP contribution in [0.3, 0.4) is 0 Å². The predicted molar refractivity (Wildman–Crippen MR) is 25.3 cm³/mol. The molecule has 0 aromatic carbocycles. The Hall–Kier alpha value is -0.410. The summed E-state index contributed by atoms with van der Waals surface area (Å²) < 4.78 is 0. The minimum Gasteiger partial charge on any atom is -0.391 e. The van der Waals surface area contributed by atoms with E-state index in [2.05, 4.69) is 0 Å². The molecule has 0 heterocycles. The fourth-order valence-electron chi connectivity index (χ4n) is 0.0985. The summed E-state index contributed by atoms with van der Waals surface area (Å²) in [4.78, 5) is 9.54. The van der Waals surface area contributed by atoms with Crippen LogP contribution < -0.4 is 5.73 Å². The average molecular weight is 102 g/mol. The molecule has 0 saturated heterocycles. The van der Waals surface area contributed by atoms with Crippen LogP contribution in [0.1, 0.15) is 6.92 Å². The van der Waals surface area contributed by atoms with E-state index in [0.29, 0.717) is 0 Å². The van der Waals surface area contributed by atoms with Crippen molar-refractivity contribution in [2.45, 2.75) is 19.1 Å². The van der Waals surface area contributed by atoms with Gasteiger partial charge in [0.15, 0.2) is 0 Å². The summed E-state index contributed by atoms with van der Waals surface area (Å²) in [5, 5.41) is 8.43. The van der Waals surface area contributed by atoms with Crippen LogP contribution in [0.5, 0.6) is 0 Å². The van der Waals surface area contributed by atoms with Crippen molar-refractivity contribution in [2.75, 3.05) is 0 Å². The first-order valence-corrected chi connectivity index (χ1v) is 2.00. The zero-order valence-corrected chi connectivity index (χ0v) is 4.09. The smallest absolute Gasteiger partial charge is 0.219 e. The quantitative estimate of drug-likeness (QED) is 0.460. The molecule has 0 aromatic rings. The number of rotatable bonds is 2. The lowest BCUT2D eigenvalue weighted by Gasteiger charge is -2.02. The lowest BCUT2D eigenvalue weighted by Crippen LogP contribution is -2.33. The van der Waals surface area contributed by atoms with Crippen LogP contribution in [-0.4, -0.2) is 23.5 Å². The Bertz CT molecular complexity index is 62.7. The molecule has 3 N–H and O–H groups in total. The maximum Gasteiger partial charge on any atom is 0.219 e. The third-order valence-corrected chi connectivity index (χ3v) is 0.656. The average Bonchev–Trinajstić information content (AvgIpc) is 1.65. The van der Waals surface area contributed by atoms with Gasteiger partial charge in [0.1, 0.15) is 0 Å². The Balaban J connectivity index is 3.33. The van der Waals surface area contributed by atoms with Gasteiger partial charge in [0.25, 0.3) is 0 Å². The first-order chi connectivity index (χ1) is 3.18. The van der Waals surface area contributed by atoms with Crippen LogP contribution in [0.15, 0.2) is 0 Å². The lowest BCUT2D eigenvalue weighted by atomic mass is 10.2. The highest BCUT2D eigenvalue weighted by atomic mass is 16.3. The first-order valence-electron chi connectivity index (χ1n) is 2.00. The standard InChI is InChI=1S/C4H8NO2/c1-3(7)4(5)2-6/h3-4,7H,5H2,1H3/t3-,4-/m1/s1. The fraction of sp³-hybridized carbons (Fsp3) is 0.750. The van der Waals surface area contributed by atoms with Gasteiger partial charge >= 0.3 is 0 Å². The molecule has 0 saturated carbocycles. The molecular formula is C4H8NO2. The van der Waals surface area contributed by atoms with Gasteiger partial charge in [-0.15, -0.1) is 0 Å². The molecule has 0 spiro atoms. The molecule has 7 heavy (non-hydrogen) atoms. The number of hydrogen-bond acceptors (Lipinski definition) is 3. The Labute approximate surface area is 42.1 Å². The first kappa shape index (κ1) is 6.59. The van der Waals surface area contributed by atoms with Crippen molar-refractivity contribution in [3.63, 3.8) is 0 Å². The Kier molecular flexibility index (Phi) is 2.55. The van der Waals surface area contributed by atoms with Crippen molar-refractivity contribution in [3.8, 4) is 0 Å². The van der Waals surface area contributed by atoms with Crippen molar-refractivity contribution in [1.29, 1.82) is 0 Å². The van der Waals surface area contributed by atoms with E-state index in [9.17, 15) is 4.79 Å². The maximum atomic E-state index is 9.54. The van der Waals surface area contributed by atoms with Gasteiger partial charge in [-0.1, -0.05) is 0 Å². The van der Waals surface area contributed by atoms with Crippen molar-refractivity contribution >= 4 is 6.29 Å². The Morgan fingerprint density at radius 3 is 2.29 bits per heavy atom. The number of aliphatic hydroxyl groups is 1. The molecule has 0 bridgehead atoms. The number of hydrogen-bond donors (Lipinski definition) is 2. The number of aliphatic hydroxyl groups excluding tert-OH is 1. The summed E-state index contributed by atoms with van der Waals surface area (Å²) in [6.07, 6.45) is 0.662. The third-order valence-electron chi connectivity index (χ3n) is 0.656. The molecule has 41 valence electrons.